The summed E-state index contributed by atoms with van der Waals surface area (Å²) in [6, 6.07) is -1.50. The highest BCUT2D eigenvalue weighted by Crippen LogP contribution is 2.44. The number of carbonyl (C=O) groups excluding carboxylic acids is 3. The number of aliphatic carboxylic acids is 1. The van der Waals surface area contributed by atoms with E-state index in [1.807, 2.05) is 0 Å². The molecule has 0 aromatic rings. The first kappa shape index (κ1) is 18.4. The van der Waals surface area contributed by atoms with Crippen LogP contribution in [-0.4, -0.2) is 64.5 Å². The van der Waals surface area contributed by atoms with Crippen LogP contribution in [0.5, 0.6) is 0 Å². The molecule has 2 bridgehead atoms. The van der Waals surface area contributed by atoms with E-state index in [0.29, 0.717) is 18.4 Å². The molecular formula is C18H24N2O6. The lowest BCUT2D eigenvalue weighted by Crippen LogP contribution is -2.41. The number of carboxylic acids is 1. The predicted molar refractivity (Wildman–Crippen MR) is 89.9 cm³/mol. The summed E-state index contributed by atoms with van der Waals surface area (Å²) in [5, 5.41) is 9.14. The Hall–Kier alpha value is -2.38. The number of ether oxygens (including phenoxy) is 1. The highest BCUT2D eigenvalue weighted by atomic mass is 16.5. The van der Waals surface area contributed by atoms with Gasteiger partial charge in [-0.05, 0) is 37.5 Å². The Labute approximate surface area is 151 Å². The van der Waals surface area contributed by atoms with Crippen LogP contribution in [-0.2, 0) is 19.1 Å². The molecule has 0 aromatic heterocycles. The first-order valence-corrected chi connectivity index (χ1v) is 9.08. The van der Waals surface area contributed by atoms with Gasteiger partial charge in [-0.1, -0.05) is 12.2 Å². The molecule has 1 heterocycles. The maximum absolute atomic E-state index is 12.7. The van der Waals surface area contributed by atoms with Gasteiger partial charge in [0.25, 0.3) is 5.91 Å². The van der Waals surface area contributed by atoms with E-state index >= 15 is 0 Å². The third-order valence-electron chi connectivity index (χ3n) is 5.46. The van der Waals surface area contributed by atoms with E-state index < -0.39 is 36.3 Å². The average Bonchev–Trinajstić information content (AvgIpc) is 3.25. The molecule has 1 aliphatic heterocycles. The largest absolute Gasteiger partial charge is 0.481 e. The first-order chi connectivity index (χ1) is 12.4. The molecule has 0 aromatic carbocycles. The second-order valence-corrected chi connectivity index (χ2v) is 7.13. The number of carboxylic acid groups (broad SMARTS) is 1. The van der Waals surface area contributed by atoms with Crippen LogP contribution in [0.1, 0.15) is 32.6 Å². The van der Waals surface area contributed by atoms with Crippen molar-refractivity contribution in [2.45, 2.75) is 38.6 Å². The van der Waals surface area contributed by atoms with Crippen LogP contribution in [0.2, 0.25) is 0 Å². The molecule has 0 spiro atoms. The molecule has 2 fully saturated rings. The van der Waals surface area contributed by atoms with Crippen LogP contribution in [0.15, 0.2) is 12.2 Å². The highest BCUT2D eigenvalue weighted by Gasteiger charge is 2.48. The van der Waals surface area contributed by atoms with Crippen molar-refractivity contribution >= 4 is 23.9 Å². The van der Waals surface area contributed by atoms with Gasteiger partial charge in [-0.25, -0.2) is 4.79 Å². The standard InChI is InChI=1S/C18H24N2O6/c1-2-26-16(23)5-6-19-17(24)14(9-15(21)22)20(18(19)25)10-13-8-11-3-4-12(13)7-11/h3-4,11-14H,2,5-10H2,1H3,(H,21,22)/t11?,12?,13?,14-/m0/s1. The van der Waals surface area contributed by atoms with Crippen LogP contribution in [0.4, 0.5) is 4.79 Å². The molecule has 3 rings (SSSR count). The summed E-state index contributed by atoms with van der Waals surface area (Å²) in [4.78, 5) is 50.4. The maximum Gasteiger partial charge on any atom is 0.327 e. The first-order valence-electron chi connectivity index (χ1n) is 9.08. The van der Waals surface area contributed by atoms with Crippen LogP contribution in [0, 0.1) is 17.8 Å². The normalized spacial score (nSPS) is 29.7. The summed E-state index contributed by atoms with van der Waals surface area (Å²) in [5.41, 5.74) is 0. The topological polar surface area (TPSA) is 104 Å². The summed E-state index contributed by atoms with van der Waals surface area (Å²) >= 11 is 0. The molecule has 0 radical (unpaired) electrons. The summed E-state index contributed by atoms with van der Waals surface area (Å²) in [6.07, 6.45) is 5.87. The molecule has 1 N–H and O–H groups in total. The van der Waals surface area contributed by atoms with Gasteiger partial charge in [0.1, 0.15) is 6.04 Å². The molecule has 3 amide bonds. The Morgan fingerprint density at radius 1 is 1.27 bits per heavy atom. The zero-order chi connectivity index (χ0) is 18.8. The molecule has 8 nitrogen and oxygen atoms in total. The zero-order valence-electron chi connectivity index (χ0n) is 14.8. The van der Waals surface area contributed by atoms with Crippen LogP contribution in [0.25, 0.3) is 0 Å². The Morgan fingerprint density at radius 3 is 2.62 bits per heavy atom. The van der Waals surface area contributed by atoms with Crippen molar-refractivity contribution in [1.29, 1.82) is 0 Å². The van der Waals surface area contributed by atoms with E-state index in [4.69, 9.17) is 9.84 Å². The van der Waals surface area contributed by atoms with Crippen LogP contribution < -0.4 is 0 Å². The number of imide groups is 1. The Morgan fingerprint density at radius 2 is 2.04 bits per heavy atom. The molecule has 2 aliphatic carbocycles. The van der Waals surface area contributed by atoms with Crippen molar-refractivity contribution < 1.29 is 29.0 Å². The molecule has 26 heavy (non-hydrogen) atoms. The molecule has 3 aliphatic rings. The van der Waals surface area contributed by atoms with Gasteiger partial charge in [-0.2, -0.15) is 0 Å². The summed E-state index contributed by atoms with van der Waals surface area (Å²) in [5.74, 6) is -0.984. The molecule has 8 heteroatoms. The van der Waals surface area contributed by atoms with Crippen molar-refractivity contribution in [2.24, 2.45) is 17.8 Å². The van der Waals surface area contributed by atoms with Gasteiger partial charge in [0.05, 0.1) is 19.4 Å². The number of hydrogen-bond donors (Lipinski definition) is 1. The van der Waals surface area contributed by atoms with Gasteiger partial charge < -0.3 is 14.7 Å². The number of carbonyl (C=O) groups is 4. The fourth-order valence-electron chi connectivity index (χ4n) is 4.26. The molecule has 4 atom stereocenters. The Kier molecular flexibility index (Phi) is 5.29. The highest BCUT2D eigenvalue weighted by molar-refractivity contribution is 6.05. The van der Waals surface area contributed by atoms with E-state index in [0.717, 1.165) is 17.7 Å². The van der Waals surface area contributed by atoms with E-state index in [9.17, 15) is 19.2 Å². The van der Waals surface area contributed by atoms with E-state index in [1.54, 1.807) is 6.92 Å². The summed E-state index contributed by atoms with van der Waals surface area (Å²) in [6.45, 7) is 2.20. The minimum absolute atomic E-state index is 0.0836. The van der Waals surface area contributed by atoms with Crippen molar-refractivity contribution in [3.05, 3.63) is 12.2 Å². The Bertz CT molecular complexity index is 646. The molecule has 3 unspecified atom stereocenters. The number of nitrogens with zero attached hydrogens (tertiary/aromatic N) is 2. The van der Waals surface area contributed by atoms with Crippen molar-refractivity contribution in [3.8, 4) is 0 Å². The molecule has 1 saturated heterocycles. The number of allylic oxidation sites excluding steroid dienone is 2. The molecule has 142 valence electrons. The summed E-state index contributed by atoms with van der Waals surface area (Å²) in [7, 11) is 0. The van der Waals surface area contributed by atoms with E-state index in [-0.39, 0.29) is 25.5 Å². The minimum Gasteiger partial charge on any atom is -0.481 e. The lowest BCUT2D eigenvalue weighted by molar-refractivity contribution is -0.144. The van der Waals surface area contributed by atoms with Crippen LogP contribution in [0.3, 0.4) is 0 Å². The molecular weight excluding hydrogens is 340 g/mol. The SMILES string of the molecule is CCOC(=O)CCN1C(=O)[C@H](CC(=O)O)N(CC2CC3C=CC2C3)C1=O. The zero-order valence-corrected chi connectivity index (χ0v) is 14.8. The number of hydrogen-bond acceptors (Lipinski definition) is 5. The quantitative estimate of drug-likeness (QED) is 0.395. The monoisotopic (exact) mass is 364 g/mol. The predicted octanol–water partition coefficient (Wildman–Crippen LogP) is 1.26. The average molecular weight is 364 g/mol. The molecule has 1 saturated carbocycles. The van der Waals surface area contributed by atoms with Gasteiger partial charge in [0.2, 0.25) is 0 Å². The third-order valence-corrected chi connectivity index (χ3v) is 5.46. The van der Waals surface area contributed by atoms with E-state index in [1.165, 1.54) is 4.90 Å². The fourth-order valence-corrected chi connectivity index (χ4v) is 4.26. The van der Waals surface area contributed by atoms with Gasteiger partial charge >= 0.3 is 18.0 Å². The number of rotatable bonds is 8. The fraction of sp³-hybridized carbons (Fsp3) is 0.667. The smallest absolute Gasteiger partial charge is 0.327 e. The number of esters is 1. The second kappa shape index (κ2) is 7.47. The van der Waals surface area contributed by atoms with Crippen molar-refractivity contribution in [2.75, 3.05) is 19.7 Å². The Balaban J connectivity index is 1.69. The lowest BCUT2D eigenvalue weighted by atomic mass is 9.92. The maximum atomic E-state index is 12.7. The van der Waals surface area contributed by atoms with Gasteiger partial charge in [-0.15, -0.1) is 0 Å². The minimum atomic E-state index is -1.12. The second-order valence-electron chi connectivity index (χ2n) is 7.13. The van der Waals surface area contributed by atoms with Crippen LogP contribution >= 0.6 is 0 Å². The van der Waals surface area contributed by atoms with Crippen molar-refractivity contribution in [1.82, 2.24) is 9.80 Å². The van der Waals surface area contributed by atoms with Gasteiger partial charge in [0, 0.05) is 13.1 Å². The number of fused-ring (bicyclic) bond motifs is 2. The number of urea groups is 1. The van der Waals surface area contributed by atoms with Gasteiger partial charge in [-0.3, -0.25) is 19.3 Å². The third kappa shape index (κ3) is 3.59. The summed E-state index contributed by atoms with van der Waals surface area (Å²) < 4.78 is 4.83. The van der Waals surface area contributed by atoms with Crippen molar-refractivity contribution in [3.63, 3.8) is 0 Å². The lowest BCUT2D eigenvalue weighted by Gasteiger charge is -2.27. The van der Waals surface area contributed by atoms with E-state index in [2.05, 4.69) is 12.2 Å². The van der Waals surface area contributed by atoms with Gasteiger partial charge in [0.15, 0.2) is 0 Å². The number of amides is 3.